The molecule has 2 fully saturated rings. The SMILES string of the molecule is CCCN(CC1CCCCC1)C1CCCNC1. The molecule has 0 aromatic heterocycles. The van der Waals surface area contributed by atoms with Gasteiger partial charge in [0.05, 0.1) is 0 Å². The van der Waals surface area contributed by atoms with Crippen LogP contribution in [0.15, 0.2) is 0 Å². The number of nitrogens with one attached hydrogen (secondary N) is 1. The summed E-state index contributed by atoms with van der Waals surface area (Å²) in [5, 5.41) is 3.57. The minimum Gasteiger partial charge on any atom is -0.315 e. The van der Waals surface area contributed by atoms with E-state index in [1.165, 1.54) is 77.5 Å². The smallest absolute Gasteiger partial charge is 0.0221 e. The van der Waals surface area contributed by atoms with E-state index < -0.39 is 0 Å². The van der Waals surface area contributed by atoms with Crippen molar-refractivity contribution in [1.82, 2.24) is 10.2 Å². The lowest BCUT2D eigenvalue weighted by molar-refractivity contribution is 0.128. The Hall–Kier alpha value is -0.0800. The second-order valence-corrected chi connectivity index (χ2v) is 6.00. The van der Waals surface area contributed by atoms with Crippen LogP contribution in [0.4, 0.5) is 0 Å². The molecule has 1 heterocycles. The van der Waals surface area contributed by atoms with E-state index in [1.807, 2.05) is 0 Å². The van der Waals surface area contributed by atoms with Crippen LogP contribution in [0.3, 0.4) is 0 Å². The van der Waals surface area contributed by atoms with E-state index in [9.17, 15) is 0 Å². The summed E-state index contributed by atoms with van der Waals surface area (Å²) < 4.78 is 0. The molecule has 0 aromatic rings. The molecule has 1 saturated heterocycles. The number of piperidine rings is 1. The van der Waals surface area contributed by atoms with Crippen molar-refractivity contribution in [1.29, 1.82) is 0 Å². The number of rotatable bonds is 5. The predicted molar refractivity (Wildman–Crippen MR) is 74.3 cm³/mol. The average molecular weight is 238 g/mol. The van der Waals surface area contributed by atoms with Crippen LogP contribution in [0.1, 0.15) is 58.3 Å². The molecule has 2 nitrogen and oxygen atoms in total. The van der Waals surface area contributed by atoms with E-state index in [2.05, 4.69) is 17.1 Å². The van der Waals surface area contributed by atoms with Gasteiger partial charge in [0.15, 0.2) is 0 Å². The highest BCUT2D eigenvalue weighted by molar-refractivity contribution is 4.80. The number of nitrogens with zero attached hydrogens (tertiary/aromatic N) is 1. The Balaban J connectivity index is 1.81. The number of hydrogen-bond acceptors (Lipinski definition) is 2. The van der Waals surface area contributed by atoms with E-state index in [4.69, 9.17) is 0 Å². The number of hydrogen-bond donors (Lipinski definition) is 1. The fourth-order valence-corrected chi connectivity index (χ4v) is 3.56. The lowest BCUT2D eigenvalue weighted by Gasteiger charge is -2.37. The summed E-state index contributed by atoms with van der Waals surface area (Å²) in [5.41, 5.74) is 0. The lowest BCUT2D eigenvalue weighted by Crippen LogP contribution is -2.48. The molecule has 2 heteroatoms. The topological polar surface area (TPSA) is 15.3 Å². The Bertz CT molecular complexity index is 193. The Morgan fingerprint density at radius 3 is 2.53 bits per heavy atom. The molecule has 0 bridgehead atoms. The van der Waals surface area contributed by atoms with Gasteiger partial charge in [0.1, 0.15) is 0 Å². The van der Waals surface area contributed by atoms with Gasteiger partial charge in [0.25, 0.3) is 0 Å². The van der Waals surface area contributed by atoms with Gasteiger partial charge in [0.2, 0.25) is 0 Å². The molecule has 1 unspecified atom stereocenters. The van der Waals surface area contributed by atoms with Gasteiger partial charge < -0.3 is 5.32 Å². The van der Waals surface area contributed by atoms with Gasteiger partial charge in [-0.3, -0.25) is 4.90 Å². The summed E-state index contributed by atoms with van der Waals surface area (Å²) >= 11 is 0. The second-order valence-electron chi connectivity index (χ2n) is 6.00. The van der Waals surface area contributed by atoms with Crippen LogP contribution in [0.2, 0.25) is 0 Å². The zero-order chi connectivity index (χ0) is 11.9. The summed E-state index contributed by atoms with van der Waals surface area (Å²) in [4.78, 5) is 2.79. The molecule has 0 amide bonds. The standard InChI is InChI=1S/C15H30N2/c1-2-11-17(15-9-6-10-16-12-15)13-14-7-4-3-5-8-14/h14-16H,2-13H2,1H3. The molecule has 1 N–H and O–H groups in total. The van der Waals surface area contributed by atoms with Crippen molar-refractivity contribution in [3.63, 3.8) is 0 Å². The zero-order valence-electron chi connectivity index (χ0n) is 11.6. The van der Waals surface area contributed by atoms with Crippen molar-refractivity contribution in [3.05, 3.63) is 0 Å². The summed E-state index contributed by atoms with van der Waals surface area (Å²) in [7, 11) is 0. The van der Waals surface area contributed by atoms with Crippen LogP contribution in [0.5, 0.6) is 0 Å². The third-order valence-electron chi connectivity index (χ3n) is 4.52. The van der Waals surface area contributed by atoms with E-state index in [1.54, 1.807) is 0 Å². The van der Waals surface area contributed by atoms with Crippen molar-refractivity contribution >= 4 is 0 Å². The van der Waals surface area contributed by atoms with Gasteiger partial charge >= 0.3 is 0 Å². The average Bonchev–Trinajstić information content (AvgIpc) is 2.40. The molecule has 2 aliphatic rings. The molecule has 1 aliphatic heterocycles. The Kier molecular flexibility index (Phi) is 5.79. The summed E-state index contributed by atoms with van der Waals surface area (Å²) in [6.45, 7) is 7.47. The van der Waals surface area contributed by atoms with E-state index in [-0.39, 0.29) is 0 Å². The first-order valence-electron chi connectivity index (χ1n) is 7.85. The van der Waals surface area contributed by atoms with Crippen LogP contribution >= 0.6 is 0 Å². The minimum absolute atomic E-state index is 0.825. The first kappa shape index (κ1) is 13.4. The van der Waals surface area contributed by atoms with Gasteiger partial charge in [-0.25, -0.2) is 0 Å². The van der Waals surface area contributed by atoms with Crippen molar-refractivity contribution in [2.45, 2.75) is 64.3 Å². The van der Waals surface area contributed by atoms with Crippen molar-refractivity contribution < 1.29 is 0 Å². The quantitative estimate of drug-likeness (QED) is 0.792. The van der Waals surface area contributed by atoms with E-state index >= 15 is 0 Å². The fraction of sp³-hybridized carbons (Fsp3) is 1.00. The van der Waals surface area contributed by atoms with Crippen LogP contribution in [-0.4, -0.2) is 37.1 Å². The van der Waals surface area contributed by atoms with Crippen LogP contribution < -0.4 is 5.32 Å². The molecule has 0 radical (unpaired) electrons. The largest absolute Gasteiger partial charge is 0.315 e. The highest BCUT2D eigenvalue weighted by atomic mass is 15.2. The molecular weight excluding hydrogens is 208 g/mol. The van der Waals surface area contributed by atoms with Crippen molar-refractivity contribution in [3.8, 4) is 0 Å². The first-order valence-corrected chi connectivity index (χ1v) is 7.85. The van der Waals surface area contributed by atoms with E-state index in [0.29, 0.717) is 0 Å². The molecule has 100 valence electrons. The summed E-state index contributed by atoms with van der Waals surface area (Å²) in [5.74, 6) is 0.997. The van der Waals surface area contributed by atoms with Gasteiger partial charge in [-0.05, 0) is 51.1 Å². The molecule has 2 rings (SSSR count). The third kappa shape index (κ3) is 4.26. The monoisotopic (exact) mass is 238 g/mol. The summed E-state index contributed by atoms with van der Waals surface area (Å²) in [6.07, 6.45) is 11.5. The third-order valence-corrected chi connectivity index (χ3v) is 4.52. The highest BCUT2D eigenvalue weighted by Crippen LogP contribution is 2.25. The maximum Gasteiger partial charge on any atom is 0.0221 e. The van der Waals surface area contributed by atoms with Crippen LogP contribution in [0, 0.1) is 5.92 Å². The first-order chi connectivity index (χ1) is 8.40. The maximum absolute atomic E-state index is 3.57. The van der Waals surface area contributed by atoms with Gasteiger partial charge in [-0.2, -0.15) is 0 Å². The Morgan fingerprint density at radius 1 is 1.06 bits per heavy atom. The molecule has 17 heavy (non-hydrogen) atoms. The zero-order valence-corrected chi connectivity index (χ0v) is 11.6. The molecule has 1 aliphatic carbocycles. The highest BCUT2D eigenvalue weighted by Gasteiger charge is 2.23. The Morgan fingerprint density at radius 2 is 1.88 bits per heavy atom. The predicted octanol–water partition coefficient (Wildman–Crippen LogP) is 3.03. The van der Waals surface area contributed by atoms with Gasteiger partial charge in [-0.1, -0.05) is 26.2 Å². The lowest BCUT2D eigenvalue weighted by atomic mass is 9.88. The summed E-state index contributed by atoms with van der Waals surface area (Å²) in [6, 6.07) is 0.825. The second kappa shape index (κ2) is 7.38. The van der Waals surface area contributed by atoms with Gasteiger partial charge in [0, 0.05) is 19.1 Å². The van der Waals surface area contributed by atoms with E-state index in [0.717, 1.165) is 12.0 Å². The molecular formula is C15H30N2. The maximum atomic E-state index is 3.57. The van der Waals surface area contributed by atoms with Crippen molar-refractivity contribution in [2.24, 2.45) is 5.92 Å². The fourth-order valence-electron chi connectivity index (χ4n) is 3.56. The molecule has 0 aromatic carbocycles. The van der Waals surface area contributed by atoms with Gasteiger partial charge in [-0.15, -0.1) is 0 Å². The molecule has 1 saturated carbocycles. The van der Waals surface area contributed by atoms with Crippen LogP contribution in [-0.2, 0) is 0 Å². The Labute approximate surface area is 107 Å². The normalized spacial score (nSPS) is 27.5. The minimum atomic E-state index is 0.825. The molecule has 1 atom stereocenters. The van der Waals surface area contributed by atoms with Crippen LogP contribution in [0.25, 0.3) is 0 Å². The van der Waals surface area contributed by atoms with Crippen molar-refractivity contribution in [2.75, 3.05) is 26.2 Å². The molecule has 0 spiro atoms.